The van der Waals surface area contributed by atoms with E-state index in [0.29, 0.717) is 25.3 Å². The van der Waals surface area contributed by atoms with Gasteiger partial charge in [0.25, 0.3) is 0 Å². The molecule has 7 nitrogen and oxygen atoms in total. The lowest BCUT2D eigenvalue weighted by Crippen LogP contribution is -2.42. The van der Waals surface area contributed by atoms with Gasteiger partial charge >= 0.3 is 5.97 Å². The molecule has 0 saturated carbocycles. The highest BCUT2D eigenvalue weighted by atomic mass is 32.2. The minimum absolute atomic E-state index is 0.0722. The Labute approximate surface area is 185 Å². The summed E-state index contributed by atoms with van der Waals surface area (Å²) < 4.78 is 46.0. The fourth-order valence-electron chi connectivity index (χ4n) is 4.12. The van der Waals surface area contributed by atoms with Crippen LogP contribution in [-0.4, -0.2) is 45.2 Å². The van der Waals surface area contributed by atoms with Crippen molar-refractivity contribution in [1.82, 2.24) is 0 Å². The molecule has 1 heterocycles. The van der Waals surface area contributed by atoms with Gasteiger partial charge in [0.05, 0.1) is 31.1 Å². The zero-order chi connectivity index (χ0) is 22.3. The summed E-state index contributed by atoms with van der Waals surface area (Å²) in [7, 11) is -3.88. The van der Waals surface area contributed by atoms with Gasteiger partial charge in [0.2, 0.25) is 10.0 Å². The van der Waals surface area contributed by atoms with Gasteiger partial charge in [-0.25, -0.2) is 13.2 Å². The van der Waals surface area contributed by atoms with Crippen molar-refractivity contribution in [2.45, 2.75) is 69.8 Å². The van der Waals surface area contributed by atoms with Crippen molar-refractivity contribution in [1.29, 1.82) is 0 Å². The van der Waals surface area contributed by atoms with E-state index < -0.39 is 27.0 Å². The molecule has 8 heteroatoms. The molecule has 0 radical (unpaired) electrons. The van der Waals surface area contributed by atoms with Crippen LogP contribution in [0.1, 0.15) is 57.9 Å². The van der Waals surface area contributed by atoms with Crippen molar-refractivity contribution in [3.05, 3.63) is 41.5 Å². The highest BCUT2D eigenvalue weighted by Gasteiger charge is 2.46. The summed E-state index contributed by atoms with van der Waals surface area (Å²) in [4.78, 5) is 12.6. The maximum absolute atomic E-state index is 13.4. The lowest BCUT2D eigenvalue weighted by atomic mass is 9.94. The molecule has 0 amide bonds. The number of rotatable bonds is 10. The first kappa shape index (κ1) is 23.8. The number of carbonyl (C=O) groups excluding carboxylic acids is 1. The number of benzene rings is 1. The van der Waals surface area contributed by atoms with E-state index in [4.69, 9.17) is 14.2 Å². The third kappa shape index (κ3) is 5.87. The molecule has 0 bridgehead atoms. The van der Waals surface area contributed by atoms with Crippen molar-refractivity contribution in [3.8, 4) is 0 Å². The molecule has 1 aromatic carbocycles. The summed E-state index contributed by atoms with van der Waals surface area (Å²) in [5, 5.41) is -1.03. The summed E-state index contributed by atoms with van der Waals surface area (Å²) in [6.07, 6.45) is 7.29. The van der Waals surface area contributed by atoms with Gasteiger partial charge in [-0.1, -0.05) is 44.4 Å². The smallest absolute Gasteiger partial charge is 0.335 e. The molecule has 1 N–H and O–H groups in total. The molecule has 1 fully saturated rings. The maximum Gasteiger partial charge on any atom is 0.335 e. The lowest BCUT2D eigenvalue weighted by molar-refractivity contribution is -0.143. The maximum atomic E-state index is 13.4. The van der Waals surface area contributed by atoms with Crippen LogP contribution < -0.4 is 4.72 Å². The second-order valence-electron chi connectivity index (χ2n) is 7.97. The van der Waals surface area contributed by atoms with Crippen LogP contribution >= 0.6 is 0 Å². The summed E-state index contributed by atoms with van der Waals surface area (Å²) in [6, 6.07) is 7.44. The van der Waals surface area contributed by atoms with Gasteiger partial charge < -0.3 is 14.2 Å². The number of hydrogen-bond acceptors (Lipinski definition) is 6. The van der Waals surface area contributed by atoms with Gasteiger partial charge in [0.1, 0.15) is 5.25 Å². The van der Waals surface area contributed by atoms with Crippen LogP contribution in [-0.2, 0) is 35.4 Å². The molecule has 1 aliphatic carbocycles. The zero-order valence-corrected chi connectivity index (χ0v) is 19.2. The highest BCUT2D eigenvalue weighted by molar-refractivity contribution is 7.93. The van der Waals surface area contributed by atoms with Crippen molar-refractivity contribution < 1.29 is 27.4 Å². The molecule has 1 unspecified atom stereocenters. The van der Waals surface area contributed by atoms with E-state index in [2.05, 4.69) is 11.6 Å². The van der Waals surface area contributed by atoms with Gasteiger partial charge in [-0.3, -0.25) is 4.72 Å². The standard InChI is InChI=1S/C23H33NO6S/c1-3-5-6-7-10-18-11-8-9-12-20(18)24-31(26,27)21-13-14-23(29-15-16-30-23)17-19(21)22(25)28-4-2/h8-9,11-12,17,21,24H,3-7,10,13-16H2,1-2H3. The molecular weight excluding hydrogens is 418 g/mol. The molecule has 0 aromatic heterocycles. The van der Waals surface area contributed by atoms with E-state index >= 15 is 0 Å². The van der Waals surface area contributed by atoms with E-state index in [1.165, 1.54) is 6.08 Å². The van der Waals surface area contributed by atoms with Gasteiger partial charge in [-0.2, -0.15) is 0 Å². The quantitative estimate of drug-likeness (QED) is 0.428. The number of carbonyl (C=O) groups is 1. The van der Waals surface area contributed by atoms with Crippen LogP contribution in [0.4, 0.5) is 5.69 Å². The Kier molecular flexibility index (Phi) is 8.13. The number of unbranched alkanes of at least 4 members (excludes halogenated alkanes) is 3. The molecule has 31 heavy (non-hydrogen) atoms. The number of ether oxygens (including phenoxy) is 3. The molecule has 1 aromatic rings. The molecule has 1 saturated heterocycles. The summed E-state index contributed by atoms with van der Waals surface area (Å²) in [5.74, 6) is -1.69. The SMILES string of the molecule is CCCCCCc1ccccc1NS(=O)(=O)C1CCC2(C=C1C(=O)OCC)OCCO2. The van der Waals surface area contributed by atoms with Gasteiger partial charge in [-0.15, -0.1) is 0 Å². The third-order valence-corrected chi connectivity index (χ3v) is 7.45. The summed E-state index contributed by atoms with van der Waals surface area (Å²) >= 11 is 0. The molecule has 172 valence electrons. The third-order valence-electron chi connectivity index (χ3n) is 5.71. The van der Waals surface area contributed by atoms with E-state index in [-0.39, 0.29) is 18.6 Å². The Bertz CT molecular complexity index is 889. The average molecular weight is 452 g/mol. The number of esters is 1. The Balaban J connectivity index is 1.83. The Morgan fingerprint density at radius 1 is 1.16 bits per heavy atom. The number of para-hydroxylation sites is 1. The molecule has 1 atom stereocenters. The second-order valence-corrected chi connectivity index (χ2v) is 9.83. The number of hydrogen-bond donors (Lipinski definition) is 1. The number of sulfonamides is 1. The first-order chi connectivity index (χ1) is 14.9. The Morgan fingerprint density at radius 3 is 2.61 bits per heavy atom. The van der Waals surface area contributed by atoms with E-state index in [1.54, 1.807) is 13.0 Å². The van der Waals surface area contributed by atoms with Gasteiger partial charge in [0.15, 0.2) is 5.79 Å². The molecule has 3 rings (SSSR count). The van der Waals surface area contributed by atoms with Crippen molar-refractivity contribution >= 4 is 21.7 Å². The predicted octanol–water partition coefficient (Wildman–Crippen LogP) is 3.95. The second kappa shape index (κ2) is 10.6. The minimum atomic E-state index is -3.88. The van der Waals surface area contributed by atoms with Crippen molar-refractivity contribution in [3.63, 3.8) is 0 Å². The van der Waals surface area contributed by atoms with Crippen LogP contribution in [0.3, 0.4) is 0 Å². The molecular formula is C23H33NO6S. The van der Waals surface area contributed by atoms with E-state index in [9.17, 15) is 13.2 Å². The van der Waals surface area contributed by atoms with Crippen LogP contribution in [0.5, 0.6) is 0 Å². The summed E-state index contributed by atoms with van der Waals surface area (Å²) in [5.41, 5.74) is 1.59. The van der Waals surface area contributed by atoms with Crippen LogP contribution in [0.15, 0.2) is 35.9 Å². The fraction of sp³-hybridized carbons (Fsp3) is 0.609. The minimum Gasteiger partial charge on any atom is -0.463 e. The topological polar surface area (TPSA) is 90.9 Å². The zero-order valence-electron chi connectivity index (χ0n) is 18.4. The average Bonchev–Trinajstić information content (AvgIpc) is 3.19. The molecule has 2 aliphatic rings. The van der Waals surface area contributed by atoms with Crippen molar-refractivity contribution in [2.75, 3.05) is 24.5 Å². The molecule has 1 aliphatic heterocycles. The lowest BCUT2D eigenvalue weighted by Gasteiger charge is -2.33. The monoisotopic (exact) mass is 451 g/mol. The number of nitrogens with one attached hydrogen (secondary N) is 1. The van der Waals surface area contributed by atoms with Gasteiger partial charge in [-0.05, 0) is 43.9 Å². The Hall–Kier alpha value is -1.90. The normalized spacial score (nSPS) is 20.5. The number of aryl methyl sites for hydroxylation is 1. The Morgan fingerprint density at radius 2 is 1.90 bits per heavy atom. The van der Waals surface area contributed by atoms with Gasteiger partial charge in [0, 0.05) is 6.42 Å². The first-order valence-corrected chi connectivity index (χ1v) is 12.7. The van der Waals surface area contributed by atoms with E-state index in [0.717, 1.165) is 37.7 Å². The van der Waals surface area contributed by atoms with E-state index in [1.807, 2.05) is 18.2 Å². The number of anilines is 1. The summed E-state index contributed by atoms with van der Waals surface area (Å²) in [6.45, 7) is 4.83. The van der Waals surface area contributed by atoms with Crippen LogP contribution in [0.2, 0.25) is 0 Å². The van der Waals surface area contributed by atoms with Crippen LogP contribution in [0, 0.1) is 0 Å². The largest absolute Gasteiger partial charge is 0.463 e. The highest BCUT2D eigenvalue weighted by Crippen LogP contribution is 2.37. The molecule has 1 spiro atoms. The first-order valence-electron chi connectivity index (χ1n) is 11.2. The fourth-order valence-corrected chi connectivity index (χ4v) is 5.69. The van der Waals surface area contributed by atoms with Crippen molar-refractivity contribution in [2.24, 2.45) is 0 Å². The van der Waals surface area contributed by atoms with Crippen LogP contribution in [0.25, 0.3) is 0 Å². The predicted molar refractivity (Wildman–Crippen MR) is 119 cm³/mol.